The summed E-state index contributed by atoms with van der Waals surface area (Å²) in [6.45, 7) is 8.34. The molecule has 3 aliphatic rings. The number of hydrogen-bond acceptors (Lipinski definition) is 1. The zero-order chi connectivity index (χ0) is 11.4. The summed E-state index contributed by atoms with van der Waals surface area (Å²) in [5, 5.41) is 0. The van der Waals surface area contributed by atoms with Crippen molar-refractivity contribution in [3.8, 4) is 0 Å². The molecule has 0 aromatic carbocycles. The van der Waals surface area contributed by atoms with Crippen LogP contribution in [0.2, 0.25) is 0 Å². The van der Waals surface area contributed by atoms with Crippen molar-refractivity contribution in [3.05, 3.63) is 0 Å². The molecule has 16 heavy (non-hydrogen) atoms. The summed E-state index contributed by atoms with van der Waals surface area (Å²) in [6, 6.07) is 0. The van der Waals surface area contributed by atoms with Gasteiger partial charge in [-0.05, 0) is 61.7 Å². The van der Waals surface area contributed by atoms with Gasteiger partial charge in [-0.25, -0.2) is 0 Å². The normalized spacial score (nSPS) is 50.8. The van der Waals surface area contributed by atoms with Crippen LogP contribution in [-0.4, -0.2) is 12.2 Å². The first-order valence-corrected chi connectivity index (χ1v) is 7.12. The largest absolute Gasteiger partial charge is 0.375 e. The zero-order valence-corrected chi connectivity index (χ0v) is 11.1. The summed E-state index contributed by atoms with van der Waals surface area (Å²) in [7, 11) is 0. The minimum Gasteiger partial charge on any atom is -0.375 e. The smallest absolute Gasteiger partial charge is 0.0690 e. The van der Waals surface area contributed by atoms with Gasteiger partial charge in [-0.3, -0.25) is 0 Å². The minimum absolute atomic E-state index is 0.259. The Labute approximate surface area is 99.9 Å². The first kappa shape index (κ1) is 11.1. The van der Waals surface area contributed by atoms with E-state index < -0.39 is 0 Å². The van der Waals surface area contributed by atoms with Crippen molar-refractivity contribution < 1.29 is 4.74 Å². The van der Waals surface area contributed by atoms with Gasteiger partial charge in [-0.2, -0.15) is 0 Å². The molecule has 0 N–H and O–H groups in total. The Balaban J connectivity index is 1.75. The van der Waals surface area contributed by atoms with Crippen molar-refractivity contribution in [2.75, 3.05) is 6.61 Å². The molecule has 92 valence electrons. The second kappa shape index (κ2) is 3.48. The van der Waals surface area contributed by atoms with Crippen LogP contribution in [0.1, 0.15) is 59.3 Å². The maximum Gasteiger partial charge on any atom is 0.0690 e. The fourth-order valence-electron chi connectivity index (χ4n) is 4.64. The Morgan fingerprint density at radius 2 is 1.94 bits per heavy atom. The van der Waals surface area contributed by atoms with Crippen molar-refractivity contribution in [2.45, 2.75) is 64.9 Å². The third kappa shape index (κ3) is 2.03. The van der Waals surface area contributed by atoms with Gasteiger partial charge < -0.3 is 4.74 Å². The lowest BCUT2D eigenvalue weighted by atomic mass is 9.64. The molecule has 1 heteroatoms. The molecule has 0 radical (unpaired) electrons. The van der Waals surface area contributed by atoms with E-state index in [0.29, 0.717) is 5.41 Å². The monoisotopic (exact) mass is 222 g/mol. The Morgan fingerprint density at radius 3 is 2.69 bits per heavy atom. The zero-order valence-electron chi connectivity index (χ0n) is 11.1. The van der Waals surface area contributed by atoms with Crippen molar-refractivity contribution in [3.63, 3.8) is 0 Å². The number of ether oxygens (including phenoxy) is 1. The van der Waals surface area contributed by atoms with Crippen LogP contribution < -0.4 is 0 Å². The molecule has 1 spiro atoms. The highest BCUT2D eigenvalue weighted by molar-refractivity contribution is 4.99. The van der Waals surface area contributed by atoms with Gasteiger partial charge in [-0.1, -0.05) is 20.8 Å². The number of fused-ring (bicyclic) bond motifs is 1. The van der Waals surface area contributed by atoms with Crippen LogP contribution in [0.4, 0.5) is 0 Å². The molecular weight excluding hydrogens is 196 g/mol. The van der Waals surface area contributed by atoms with Crippen LogP contribution in [0.3, 0.4) is 0 Å². The lowest BCUT2D eigenvalue weighted by molar-refractivity contribution is -0.114. The van der Waals surface area contributed by atoms with Gasteiger partial charge >= 0.3 is 0 Å². The third-order valence-electron chi connectivity index (χ3n) is 5.07. The van der Waals surface area contributed by atoms with Crippen molar-refractivity contribution in [2.24, 2.45) is 23.2 Å². The predicted molar refractivity (Wildman–Crippen MR) is 66.3 cm³/mol. The van der Waals surface area contributed by atoms with Crippen molar-refractivity contribution >= 4 is 0 Å². The standard InChI is InChI=1S/C15H26O/c1-11-7-14(2,3)10-15(8-11)5-4-12-6-13(12)9-16-15/h11-13H,4-10H2,1-3H3/t11-,12+,13+,15+/m1/s1. The van der Waals surface area contributed by atoms with Crippen molar-refractivity contribution in [1.29, 1.82) is 0 Å². The lowest BCUT2D eigenvalue weighted by Crippen LogP contribution is -2.44. The molecular formula is C15H26O. The van der Waals surface area contributed by atoms with E-state index in [2.05, 4.69) is 20.8 Å². The van der Waals surface area contributed by atoms with Gasteiger partial charge in [0.05, 0.1) is 12.2 Å². The van der Waals surface area contributed by atoms with Crippen LogP contribution in [0.5, 0.6) is 0 Å². The fourth-order valence-corrected chi connectivity index (χ4v) is 4.64. The summed E-state index contributed by atoms with van der Waals surface area (Å²) < 4.78 is 6.39. The predicted octanol–water partition coefficient (Wildman–Crippen LogP) is 4.02. The molecule has 1 heterocycles. The Kier molecular flexibility index (Phi) is 2.41. The van der Waals surface area contributed by atoms with Crippen molar-refractivity contribution in [1.82, 2.24) is 0 Å². The van der Waals surface area contributed by atoms with E-state index in [1.165, 1.54) is 38.5 Å². The van der Waals surface area contributed by atoms with Crippen LogP contribution >= 0.6 is 0 Å². The molecule has 0 bridgehead atoms. The number of rotatable bonds is 0. The van der Waals surface area contributed by atoms with Gasteiger partial charge in [0.1, 0.15) is 0 Å². The van der Waals surface area contributed by atoms with Gasteiger partial charge in [0.25, 0.3) is 0 Å². The quantitative estimate of drug-likeness (QED) is 0.601. The van der Waals surface area contributed by atoms with E-state index >= 15 is 0 Å². The van der Waals surface area contributed by atoms with E-state index in [4.69, 9.17) is 4.74 Å². The van der Waals surface area contributed by atoms with Gasteiger partial charge in [0, 0.05) is 0 Å². The summed E-state index contributed by atoms with van der Waals surface area (Å²) in [5.74, 6) is 2.80. The molecule has 2 aliphatic carbocycles. The highest BCUT2D eigenvalue weighted by atomic mass is 16.5. The van der Waals surface area contributed by atoms with Gasteiger partial charge in [0.15, 0.2) is 0 Å². The first-order valence-electron chi connectivity index (χ1n) is 7.12. The van der Waals surface area contributed by atoms with E-state index in [1.807, 2.05) is 0 Å². The molecule has 0 unspecified atom stereocenters. The maximum absolute atomic E-state index is 6.39. The fraction of sp³-hybridized carbons (Fsp3) is 1.00. The molecule has 1 nitrogen and oxygen atoms in total. The third-order valence-corrected chi connectivity index (χ3v) is 5.07. The summed E-state index contributed by atoms with van der Waals surface area (Å²) in [4.78, 5) is 0. The Hall–Kier alpha value is -0.0400. The molecule has 0 aromatic rings. The molecule has 2 saturated carbocycles. The van der Waals surface area contributed by atoms with E-state index in [0.717, 1.165) is 24.4 Å². The topological polar surface area (TPSA) is 9.23 Å². The average Bonchev–Trinajstić information content (AvgIpc) is 2.86. The van der Waals surface area contributed by atoms with E-state index in [9.17, 15) is 0 Å². The molecule has 1 saturated heterocycles. The second-order valence-corrected chi connectivity index (χ2v) is 7.64. The lowest BCUT2D eigenvalue weighted by Gasteiger charge is -2.47. The highest BCUT2D eigenvalue weighted by Gasteiger charge is 2.49. The Morgan fingerprint density at radius 1 is 1.12 bits per heavy atom. The summed E-state index contributed by atoms with van der Waals surface area (Å²) >= 11 is 0. The van der Waals surface area contributed by atoms with E-state index in [1.54, 1.807) is 0 Å². The molecule has 3 rings (SSSR count). The summed E-state index contributed by atoms with van der Waals surface area (Å²) in [6.07, 6.45) is 8.22. The van der Waals surface area contributed by atoms with Crippen LogP contribution in [0, 0.1) is 23.2 Å². The molecule has 4 atom stereocenters. The van der Waals surface area contributed by atoms with Crippen LogP contribution in [0.25, 0.3) is 0 Å². The average molecular weight is 222 g/mol. The first-order chi connectivity index (χ1) is 7.48. The van der Waals surface area contributed by atoms with Crippen LogP contribution in [-0.2, 0) is 4.74 Å². The van der Waals surface area contributed by atoms with Crippen LogP contribution in [0.15, 0.2) is 0 Å². The SMILES string of the molecule is C[C@@H]1CC(C)(C)C[C@]2(CC[C@H]3C[C@H]3CO2)C1. The molecule has 3 fully saturated rings. The summed E-state index contributed by atoms with van der Waals surface area (Å²) in [5.41, 5.74) is 0.751. The maximum atomic E-state index is 6.39. The number of hydrogen-bond donors (Lipinski definition) is 0. The van der Waals surface area contributed by atoms with Gasteiger partial charge in [-0.15, -0.1) is 0 Å². The van der Waals surface area contributed by atoms with E-state index in [-0.39, 0.29) is 5.60 Å². The molecule has 0 aromatic heterocycles. The molecule has 1 aliphatic heterocycles. The highest BCUT2D eigenvalue weighted by Crippen LogP contribution is 2.53. The molecule has 0 amide bonds. The van der Waals surface area contributed by atoms with Gasteiger partial charge in [0.2, 0.25) is 0 Å². The second-order valence-electron chi connectivity index (χ2n) is 7.64. The minimum atomic E-state index is 0.259. The Bertz CT molecular complexity index is 269.